The van der Waals surface area contributed by atoms with Gasteiger partial charge in [0.05, 0.1) is 0 Å². The molecule has 0 spiro atoms. The molecule has 1 heterocycles. The highest BCUT2D eigenvalue weighted by molar-refractivity contribution is 6.17. The maximum absolute atomic E-state index is 11.9. The van der Waals surface area contributed by atoms with Crippen LogP contribution in [0.3, 0.4) is 0 Å². The lowest BCUT2D eigenvalue weighted by molar-refractivity contribution is -0.133. The second-order valence-electron chi connectivity index (χ2n) is 4.43. The van der Waals surface area contributed by atoms with Crippen LogP contribution in [0.5, 0.6) is 0 Å². The van der Waals surface area contributed by atoms with Crippen molar-refractivity contribution >= 4 is 17.5 Å². The van der Waals surface area contributed by atoms with E-state index in [4.69, 9.17) is 11.6 Å². The van der Waals surface area contributed by atoms with Crippen molar-refractivity contribution in [1.29, 1.82) is 0 Å². The second-order valence-corrected chi connectivity index (χ2v) is 4.81. The predicted molar refractivity (Wildman–Crippen MR) is 64.2 cm³/mol. The average Bonchev–Trinajstić information content (AvgIpc) is 2.43. The van der Waals surface area contributed by atoms with Gasteiger partial charge in [0.1, 0.15) is 0 Å². The van der Waals surface area contributed by atoms with Gasteiger partial charge in [0, 0.05) is 24.9 Å². The Labute approximate surface area is 98.0 Å². The maximum atomic E-state index is 11.9. The molecule has 1 rings (SSSR count). The van der Waals surface area contributed by atoms with Gasteiger partial charge in [-0.3, -0.25) is 4.79 Å². The molecule has 0 bridgehead atoms. The Morgan fingerprint density at radius 1 is 1.33 bits per heavy atom. The number of amides is 1. The van der Waals surface area contributed by atoms with E-state index >= 15 is 0 Å². The van der Waals surface area contributed by atoms with Gasteiger partial charge in [0.2, 0.25) is 5.91 Å². The number of hydrogen-bond donors (Lipinski definition) is 0. The van der Waals surface area contributed by atoms with E-state index in [9.17, 15) is 4.79 Å². The van der Waals surface area contributed by atoms with Crippen molar-refractivity contribution in [1.82, 2.24) is 4.90 Å². The van der Waals surface area contributed by atoms with Crippen LogP contribution in [0.1, 0.15) is 51.9 Å². The third-order valence-electron chi connectivity index (χ3n) is 3.15. The number of halogens is 1. The molecule has 88 valence electrons. The van der Waals surface area contributed by atoms with Crippen molar-refractivity contribution in [3.8, 4) is 0 Å². The molecule has 1 unspecified atom stereocenters. The number of alkyl halides is 1. The van der Waals surface area contributed by atoms with Gasteiger partial charge in [-0.25, -0.2) is 0 Å². The second kappa shape index (κ2) is 7.10. The van der Waals surface area contributed by atoms with Gasteiger partial charge in [0.25, 0.3) is 0 Å². The number of hydrogen-bond acceptors (Lipinski definition) is 1. The summed E-state index contributed by atoms with van der Waals surface area (Å²) in [6, 6.07) is 0.441. The average molecular weight is 232 g/mol. The van der Waals surface area contributed by atoms with Crippen LogP contribution in [0.4, 0.5) is 0 Å². The molecule has 0 aromatic rings. The molecular formula is C12H22ClNO. The van der Waals surface area contributed by atoms with Crippen LogP contribution >= 0.6 is 11.6 Å². The molecular weight excluding hydrogens is 210 g/mol. The lowest BCUT2D eigenvalue weighted by atomic mass is 10.1. The Kier molecular flexibility index (Phi) is 6.07. The smallest absolute Gasteiger partial charge is 0.222 e. The molecule has 0 aromatic carbocycles. The Morgan fingerprint density at radius 2 is 2.13 bits per heavy atom. The fraction of sp³-hybridized carbons (Fsp3) is 0.917. The molecule has 2 nitrogen and oxygen atoms in total. The summed E-state index contributed by atoms with van der Waals surface area (Å²) < 4.78 is 0. The Bertz CT molecular complexity index is 196. The van der Waals surface area contributed by atoms with Crippen LogP contribution in [0.25, 0.3) is 0 Å². The Hall–Kier alpha value is -0.240. The van der Waals surface area contributed by atoms with Gasteiger partial charge >= 0.3 is 0 Å². The molecule has 1 fully saturated rings. The first kappa shape index (κ1) is 12.8. The molecule has 1 atom stereocenters. The number of carbonyl (C=O) groups excluding carboxylic acids is 1. The van der Waals surface area contributed by atoms with Crippen LogP contribution in [-0.4, -0.2) is 29.3 Å². The van der Waals surface area contributed by atoms with Crippen LogP contribution in [0.15, 0.2) is 0 Å². The first-order valence-electron chi connectivity index (χ1n) is 6.11. The van der Waals surface area contributed by atoms with E-state index in [1.165, 1.54) is 25.7 Å². The monoisotopic (exact) mass is 231 g/mol. The number of nitrogens with zero attached hydrogens (tertiary/aromatic N) is 1. The molecule has 3 heteroatoms. The van der Waals surface area contributed by atoms with Gasteiger partial charge in [-0.2, -0.15) is 0 Å². The summed E-state index contributed by atoms with van der Waals surface area (Å²) in [4.78, 5) is 14.0. The highest BCUT2D eigenvalue weighted by atomic mass is 35.5. The van der Waals surface area contributed by atoms with Gasteiger partial charge in [-0.1, -0.05) is 12.8 Å². The van der Waals surface area contributed by atoms with E-state index in [2.05, 4.69) is 11.8 Å². The van der Waals surface area contributed by atoms with E-state index in [-0.39, 0.29) is 0 Å². The standard InChI is InChI=1S/C12H22ClNO/c1-11-7-3-2-6-10-14(11)12(15)8-4-5-9-13/h11H,2-10H2,1H3. The molecule has 15 heavy (non-hydrogen) atoms. The summed E-state index contributed by atoms with van der Waals surface area (Å²) in [5.74, 6) is 0.998. The van der Waals surface area contributed by atoms with Gasteiger partial charge < -0.3 is 4.90 Å². The van der Waals surface area contributed by atoms with E-state index in [0.717, 1.165) is 19.4 Å². The molecule has 0 N–H and O–H groups in total. The summed E-state index contributed by atoms with van der Waals surface area (Å²) >= 11 is 5.60. The molecule has 1 aliphatic rings. The fourth-order valence-electron chi connectivity index (χ4n) is 2.16. The maximum Gasteiger partial charge on any atom is 0.222 e. The van der Waals surface area contributed by atoms with Crippen LogP contribution < -0.4 is 0 Å². The minimum atomic E-state index is 0.328. The van der Waals surface area contributed by atoms with Crippen molar-refractivity contribution in [2.45, 2.75) is 57.9 Å². The number of carbonyl (C=O) groups is 1. The topological polar surface area (TPSA) is 20.3 Å². The Morgan fingerprint density at radius 3 is 2.87 bits per heavy atom. The SMILES string of the molecule is CC1CCCCCN1C(=O)CCCCCl. The fourth-order valence-corrected chi connectivity index (χ4v) is 2.35. The zero-order valence-electron chi connectivity index (χ0n) is 9.67. The summed E-state index contributed by atoms with van der Waals surface area (Å²) in [5.41, 5.74) is 0. The van der Waals surface area contributed by atoms with Crippen molar-refractivity contribution in [2.24, 2.45) is 0 Å². The third kappa shape index (κ3) is 4.42. The molecule has 1 aliphatic heterocycles. The van der Waals surface area contributed by atoms with E-state index in [1.807, 2.05) is 0 Å². The van der Waals surface area contributed by atoms with Gasteiger partial charge in [0.15, 0.2) is 0 Å². The highest BCUT2D eigenvalue weighted by Gasteiger charge is 2.20. The van der Waals surface area contributed by atoms with E-state index in [1.54, 1.807) is 0 Å². The molecule has 0 aromatic heterocycles. The zero-order valence-corrected chi connectivity index (χ0v) is 10.4. The van der Waals surface area contributed by atoms with Gasteiger partial charge in [-0.15, -0.1) is 11.6 Å². The van der Waals surface area contributed by atoms with Crippen LogP contribution in [0, 0.1) is 0 Å². The highest BCUT2D eigenvalue weighted by Crippen LogP contribution is 2.17. The number of rotatable bonds is 4. The molecule has 0 saturated carbocycles. The third-order valence-corrected chi connectivity index (χ3v) is 3.41. The van der Waals surface area contributed by atoms with Crippen molar-refractivity contribution < 1.29 is 4.79 Å². The largest absolute Gasteiger partial charge is 0.340 e. The first-order valence-corrected chi connectivity index (χ1v) is 6.64. The minimum absolute atomic E-state index is 0.328. The summed E-state index contributed by atoms with van der Waals surface area (Å²) in [7, 11) is 0. The zero-order chi connectivity index (χ0) is 11.1. The van der Waals surface area contributed by atoms with Crippen LogP contribution in [-0.2, 0) is 4.79 Å². The lowest BCUT2D eigenvalue weighted by Crippen LogP contribution is -2.38. The number of unbranched alkanes of at least 4 members (excludes halogenated alkanes) is 1. The summed E-state index contributed by atoms with van der Waals surface area (Å²) in [6.45, 7) is 3.13. The van der Waals surface area contributed by atoms with Crippen LogP contribution in [0.2, 0.25) is 0 Å². The predicted octanol–water partition coefficient (Wildman–Crippen LogP) is 3.19. The molecule has 1 amide bonds. The molecule has 1 saturated heterocycles. The normalized spacial score (nSPS) is 22.5. The van der Waals surface area contributed by atoms with E-state index in [0.29, 0.717) is 24.2 Å². The minimum Gasteiger partial charge on any atom is -0.340 e. The van der Waals surface area contributed by atoms with E-state index < -0.39 is 0 Å². The quantitative estimate of drug-likeness (QED) is 0.538. The van der Waals surface area contributed by atoms with Crippen molar-refractivity contribution in [2.75, 3.05) is 12.4 Å². The number of likely N-dealkylation sites (tertiary alicyclic amines) is 1. The molecule has 0 aliphatic carbocycles. The van der Waals surface area contributed by atoms with Crippen molar-refractivity contribution in [3.63, 3.8) is 0 Å². The summed E-state index contributed by atoms with van der Waals surface area (Å²) in [5, 5.41) is 0. The lowest BCUT2D eigenvalue weighted by Gasteiger charge is -2.27. The Balaban J connectivity index is 2.34. The molecule has 0 radical (unpaired) electrons. The van der Waals surface area contributed by atoms with Crippen molar-refractivity contribution in [3.05, 3.63) is 0 Å². The summed E-state index contributed by atoms with van der Waals surface area (Å²) in [6.07, 6.45) is 7.45. The first-order chi connectivity index (χ1) is 7.25. The van der Waals surface area contributed by atoms with Gasteiger partial charge in [-0.05, 0) is 32.6 Å².